The predicted octanol–water partition coefficient (Wildman–Crippen LogP) is 4.38. The highest BCUT2D eigenvalue weighted by atomic mass is 35.5. The molecule has 1 atom stereocenters. The molecule has 116 valence electrons. The summed E-state index contributed by atoms with van der Waals surface area (Å²) in [4.78, 5) is 4.16. The SMILES string of the molecule is Cl.Cl.Clc1ccc([C@@H](C2CCCC2)N2CCNCC2)s1. The van der Waals surface area contributed by atoms with E-state index in [0.29, 0.717) is 6.04 Å². The quantitative estimate of drug-likeness (QED) is 0.863. The average molecular weight is 358 g/mol. The van der Waals surface area contributed by atoms with E-state index in [0.717, 1.165) is 23.3 Å². The Bertz CT molecular complexity index is 388. The molecule has 0 radical (unpaired) electrons. The minimum Gasteiger partial charge on any atom is -0.314 e. The fraction of sp³-hybridized carbons (Fsp3) is 0.714. The van der Waals surface area contributed by atoms with Gasteiger partial charge in [0.2, 0.25) is 0 Å². The number of hydrogen-bond acceptors (Lipinski definition) is 3. The highest BCUT2D eigenvalue weighted by Crippen LogP contribution is 2.42. The van der Waals surface area contributed by atoms with Crippen molar-refractivity contribution in [2.45, 2.75) is 31.7 Å². The lowest BCUT2D eigenvalue weighted by Crippen LogP contribution is -2.46. The normalized spacial score (nSPS) is 22.1. The summed E-state index contributed by atoms with van der Waals surface area (Å²) in [6, 6.07) is 4.93. The van der Waals surface area contributed by atoms with Gasteiger partial charge in [0.05, 0.1) is 4.34 Å². The molecule has 20 heavy (non-hydrogen) atoms. The van der Waals surface area contributed by atoms with Gasteiger partial charge in [0.15, 0.2) is 0 Å². The lowest BCUT2D eigenvalue weighted by atomic mass is 9.94. The van der Waals surface area contributed by atoms with Crippen LogP contribution in [0, 0.1) is 5.92 Å². The summed E-state index contributed by atoms with van der Waals surface area (Å²) in [5.74, 6) is 0.845. The van der Waals surface area contributed by atoms with Gasteiger partial charge in [0, 0.05) is 37.1 Å². The fourth-order valence-electron chi connectivity index (χ4n) is 3.43. The lowest BCUT2D eigenvalue weighted by Gasteiger charge is -2.37. The first kappa shape index (κ1) is 18.5. The van der Waals surface area contributed by atoms with Crippen LogP contribution < -0.4 is 5.32 Å². The monoisotopic (exact) mass is 356 g/mol. The molecule has 2 aliphatic rings. The van der Waals surface area contributed by atoms with Gasteiger partial charge in [-0.15, -0.1) is 36.2 Å². The molecule has 1 aliphatic carbocycles. The first-order valence-electron chi connectivity index (χ1n) is 7.04. The van der Waals surface area contributed by atoms with Crippen LogP contribution in [-0.2, 0) is 0 Å². The summed E-state index contributed by atoms with van der Waals surface area (Å²) in [5.41, 5.74) is 0. The van der Waals surface area contributed by atoms with Crippen LogP contribution in [0.2, 0.25) is 4.34 Å². The maximum absolute atomic E-state index is 6.14. The number of hydrogen-bond donors (Lipinski definition) is 1. The number of rotatable bonds is 3. The van der Waals surface area contributed by atoms with Crippen LogP contribution in [0.5, 0.6) is 0 Å². The zero-order valence-electron chi connectivity index (χ0n) is 11.5. The second-order valence-electron chi connectivity index (χ2n) is 5.42. The molecule has 0 spiro atoms. The zero-order chi connectivity index (χ0) is 12.4. The molecular formula is C14H23Cl3N2S. The van der Waals surface area contributed by atoms with Crippen molar-refractivity contribution in [1.29, 1.82) is 0 Å². The molecule has 0 bridgehead atoms. The Morgan fingerprint density at radius 3 is 2.35 bits per heavy atom. The molecule has 0 unspecified atom stereocenters. The maximum Gasteiger partial charge on any atom is 0.0931 e. The van der Waals surface area contributed by atoms with Gasteiger partial charge >= 0.3 is 0 Å². The van der Waals surface area contributed by atoms with Crippen molar-refractivity contribution < 1.29 is 0 Å². The molecule has 1 aromatic heterocycles. The standard InChI is InChI=1S/C14H21ClN2S.2ClH/c15-13-6-5-12(18-13)14(11-3-1-2-4-11)17-9-7-16-8-10-17;;/h5-6,11,14,16H,1-4,7-10H2;2*1H/t14-;;/m1../s1. The minimum atomic E-state index is 0. The molecule has 1 saturated heterocycles. The van der Waals surface area contributed by atoms with Gasteiger partial charge < -0.3 is 5.32 Å². The molecule has 6 heteroatoms. The Balaban J connectivity index is 0.000001000. The van der Waals surface area contributed by atoms with Gasteiger partial charge in [-0.3, -0.25) is 4.90 Å². The molecule has 1 N–H and O–H groups in total. The van der Waals surface area contributed by atoms with Crippen molar-refractivity contribution in [3.8, 4) is 0 Å². The smallest absolute Gasteiger partial charge is 0.0931 e. The van der Waals surface area contributed by atoms with E-state index in [1.54, 1.807) is 11.3 Å². The molecule has 2 fully saturated rings. The molecule has 2 nitrogen and oxygen atoms in total. The number of thiophene rings is 1. The first-order chi connectivity index (χ1) is 8.84. The van der Waals surface area contributed by atoms with Crippen molar-refractivity contribution in [1.82, 2.24) is 10.2 Å². The van der Waals surface area contributed by atoms with E-state index in [-0.39, 0.29) is 24.8 Å². The fourth-order valence-corrected chi connectivity index (χ4v) is 4.72. The van der Waals surface area contributed by atoms with E-state index in [1.807, 2.05) is 0 Å². The van der Waals surface area contributed by atoms with Gasteiger partial charge in [-0.2, -0.15) is 0 Å². The molecular weight excluding hydrogens is 335 g/mol. The topological polar surface area (TPSA) is 15.3 Å². The summed E-state index contributed by atoms with van der Waals surface area (Å²) in [6.07, 6.45) is 5.60. The third-order valence-electron chi connectivity index (χ3n) is 4.28. The summed E-state index contributed by atoms with van der Waals surface area (Å²) in [7, 11) is 0. The third-order valence-corrected chi connectivity index (χ3v) is 5.58. The van der Waals surface area contributed by atoms with E-state index in [9.17, 15) is 0 Å². The molecule has 0 aromatic carbocycles. The Morgan fingerprint density at radius 2 is 1.80 bits per heavy atom. The number of piperazine rings is 1. The van der Waals surface area contributed by atoms with Crippen LogP contribution in [0.25, 0.3) is 0 Å². The minimum absolute atomic E-state index is 0. The van der Waals surface area contributed by atoms with E-state index in [2.05, 4.69) is 22.3 Å². The van der Waals surface area contributed by atoms with Gasteiger partial charge in [-0.1, -0.05) is 24.4 Å². The first-order valence-corrected chi connectivity index (χ1v) is 8.24. The molecule has 2 heterocycles. The van der Waals surface area contributed by atoms with Crippen molar-refractivity contribution in [2.75, 3.05) is 26.2 Å². The Morgan fingerprint density at radius 1 is 1.15 bits per heavy atom. The van der Waals surface area contributed by atoms with E-state index in [1.165, 1.54) is 43.6 Å². The molecule has 1 saturated carbocycles. The molecule has 0 amide bonds. The molecule has 1 aliphatic heterocycles. The van der Waals surface area contributed by atoms with Crippen molar-refractivity contribution >= 4 is 47.8 Å². The van der Waals surface area contributed by atoms with Crippen LogP contribution in [0.15, 0.2) is 12.1 Å². The van der Waals surface area contributed by atoms with Crippen molar-refractivity contribution in [3.63, 3.8) is 0 Å². The summed E-state index contributed by atoms with van der Waals surface area (Å²) >= 11 is 7.92. The van der Waals surface area contributed by atoms with Gasteiger partial charge in [-0.05, 0) is 30.9 Å². The highest BCUT2D eigenvalue weighted by Gasteiger charge is 2.32. The van der Waals surface area contributed by atoms with E-state index < -0.39 is 0 Å². The third kappa shape index (κ3) is 4.25. The summed E-state index contributed by atoms with van der Waals surface area (Å²) in [5, 5.41) is 3.45. The summed E-state index contributed by atoms with van der Waals surface area (Å²) in [6.45, 7) is 4.61. The van der Waals surface area contributed by atoms with E-state index >= 15 is 0 Å². The van der Waals surface area contributed by atoms with Gasteiger partial charge in [-0.25, -0.2) is 0 Å². The zero-order valence-corrected chi connectivity index (χ0v) is 14.7. The average Bonchev–Trinajstić information content (AvgIpc) is 3.04. The highest BCUT2D eigenvalue weighted by molar-refractivity contribution is 7.16. The van der Waals surface area contributed by atoms with Crippen LogP contribution in [0.4, 0.5) is 0 Å². The van der Waals surface area contributed by atoms with E-state index in [4.69, 9.17) is 11.6 Å². The van der Waals surface area contributed by atoms with Crippen molar-refractivity contribution in [3.05, 3.63) is 21.3 Å². The predicted molar refractivity (Wildman–Crippen MR) is 93.0 cm³/mol. The van der Waals surface area contributed by atoms with Crippen LogP contribution in [-0.4, -0.2) is 31.1 Å². The number of nitrogens with zero attached hydrogens (tertiary/aromatic N) is 1. The second kappa shape index (κ2) is 8.82. The van der Waals surface area contributed by atoms with Crippen LogP contribution >= 0.6 is 47.8 Å². The Hall–Kier alpha value is 0.490. The van der Waals surface area contributed by atoms with Crippen LogP contribution in [0.3, 0.4) is 0 Å². The number of halogens is 3. The maximum atomic E-state index is 6.14. The van der Waals surface area contributed by atoms with Crippen LogP contribution in [0.1, 0.15) is 36.6 Å². The number of nitrogens with one attached hydrogen (secondary N) is 1. The Kier molecular flexibility index (Phi) is 8.17. The molecule has 3 rings (SSSR count). The lowest BCUT2D eigenvalue weighted by molar-refractivity contribution is 0.128. The molecule has 1 aromatic rings. The summed E-state index contributed by atoms with van der Waals surface area (Å²) < 4.78 is 0.933. The largest absolute Gasteiger partial charge is 0.314 e. The van der Waals surface area contributed by atoms with Crippen molar-refractivity contribution in [2.24, 2.45) is 5.92 Å². The van der Waals surface area contributed by atoms with Gasteiger partial charge in [0.1, 0.15) is 0 Å². The second-order valence-corrected chi connectivity index (χ2v) is 7.16. The van der Waals surface area contributed by atoms with Gasteiger partial charge in [0.25, 0.3) is 0 Å². The Labute approximate surface area is 143 Å².